The van der Waals surface area contributed by atoms with Crippen LogP contribution in [0.15, 0.2) is 0 Å². The summed E-state index contributed by atoms with van der Waals surface area (Å²) < 4.78 is 36.5. The second-order valence-corrected chi connectivity index (χ2v) is 4.65. The number of nitrogens with zero attached hydrogens (tertiary/aromatic N) is 1. The lowest BCUT2D eigenvalue weighted by Gasteiger charge is -2.21. The van der Waals surface area contributed by atoms with Crippen LogP contribution in [0.3, 0.4) is 0 Å². The maximum absolute atomic E-state index is 12.2. The smallest absolute Gasteiger partial charge is 0.350 e. The van der Waals surface area contributed by atoms with Crippen molar-refractivity contribution in [3.8, 4) is 6.07 Å². The van der Waals surface area contributed by atoms with Crippen LogP contribution in [0.2, 0.25) is 0 Å². The topological polar surface area (TPSA) is 64.9 Å². The number of hydrogen-bond donors (Lipinski definition) is 2. The minimum Gasteiger partial charge on any atom is -0.350 e. The maximum Gasteiger partial charge on any atom is 0.405 e. The first kappa shape index (κ1) is 15.7. The number of carbonyl (C=O) groups excluding carboxylic acids is 1. The van der Waals surface area contributed by atoms with Gasteiger partial charge >= 0.3 is 6.18 Å². The molecular formula is C10H16F3N3O. The molecule has 0 aromatic heterocycles. The van der Waals surface area contributed by atoms with Crippen molar-refractivity contribution in [2.24, 2.45) is 5.92 Å². The Kier molecular flexibility index (Phi) is 5.42. The lowest BCUT2D eigenvalue weighted by Crippen LogP contribution is -2.46. The third kappa shape index (κ3) is 7.58. The lowest BCUT2D eigenvalue weighted by atomic mass is 10.1. The molecule has 1 unspecified atom stereocenters. The SMILES string of the molecule is CC(C)(C)NC(=O)CNCC(C#N)C(F)(F)F. The zero-order valence-electron chi connectivity index (χ0n) is 9.98. The Morgan fingerprint density at radius 3 is 2.24 bits per heavy atom. The Morgan fingerprint density at radius 1 is 1.35 bits per heavy atom. The first-order valence-electron chi connectivity index (χ1n) is 5.04. The number of halogens is 3. The van der Waals surface area contributed by atoms with Crippen molar-refractivity contribution >= 4 is 5.91 Å². The monoisotopic (exact) mass is 251 g/mol. The van der Waals surface area contributed by atoms with E-state index in [2.05, 4.69) is 10.6 Å². The quantitative estimate of drug-likeness (QED) is 0.789. The van der Waals surface area contributed by atoms with E-state index in [-0.39, 0.29) is 6.54 Å². The molecule has 0 saturated carbocycles. The van der Waals surface area contributed by atoms with Gasteiger partial charge in [-0.15, -0.1) is 0 Å². The summed E-state index contributed by atoms with van der Waals surface area (Å²) in [5.41, 5.74) is -0.433. The molecule has 0 aliphatic heterocycles. The highest BCUT2D eigenvalue weighted by Gasteiger charge is 2.39. The molecule has 4 nitrogen and oxygen atoms in total. The van der Waals surface area contributed by atoms with E-state index < -0.39 is 30.1 Å². The molecule has 0 saturated heterocycles. The lowest BCUT2D eigenvalue weighted by molar-refractivity contribution is -0.158. The van der Waals surface area contributed by atoms with Gasteiger partial charge in [-0.1, -0.05) is 0 Å². The van der Waals surface area contributed by atoms with Gasteiger partial charge in [-0.3, -0.25) is 4.79 Å². The fourth-order valence-electron chi connectivity index (χ4n) is 1.03. The Balaban J connectivity index is 4.00. The van der Waals surface area contributed by atoms with Gasteiger partial charge in [-0.25, -0.2) is 0 Å². The van der Waals surface area contributed by atoms with E-state index in [1.54, 1.807) is 20.8 Å². The van der Waals surface area contributed by atoms with Gasteiger partial charge in [-0.05, 0) is 20.8 Å². The molecule has 0 rings (SSSR count). The van der Waals surface area contributed by atoms with Crippen LogP contribution in [-0.4, -0.2) is 30.7 Å². The predicted molar refractivity (Wildman–Crippen MR) is 55.9 cm³/mol. The summed E-state index contributed by atoms with van der Waals surface area (Å²) in [4.78, 5) is 11.2. The summed E-state index contributed by atoms with van der Waals surface area (Å²) >= 11 is 0. The van der Waals surface area contributed by atoms with Gasteiger partial charge in [0, 0.05) is 12.1 Å². The summed E-state index contributed by atoms with van der Waals surface area (Å²) in [5, 5.41) is 13.2. The first-order chi connectivity index (χ1) is 7.56. The number of amides is 1. The van der Waals surface area contributed by atoms with Gasteiger partial charge in [0.25, 0.3) is 0 Å². The summed E-state index contributed by atoms with van der Waals surface area (Å²) in [6, 6.07) is 1.14. The van der Waals surface area contributed by atoms with Gasteiger partial charge in [0.05, 0.1) is 12.6 Å². The van der Waals surface area contributed by atoms with E-state index in [0.29, 0.717) is 0 Å². The highest BCUT2D eigenvalue weighted by atomic mass is 19.4. The van der Waals surface area contributed by atoms with Gasteiger partial charge < -0.3 is 10.6 Å². The summed E-state index contributed by atoms with van der Waals surface area (Å²) in [7, 11) is 0. The van der Waals surface area contributed by atoms with Crippen LogP contribution in [0.4, 0.5) is 13.2 Å². The number of nitriles is 1. The van der Waals surface area contributed by atoms with Crippen molar-refractivity contribution in [2.45, 2.75) is 32.5 Å². The molecular weight excluding hydrogens is 235 g/mol. The zero-order valence-corrected chi connectivity index (χ0v) is 9.98. The van der Waals surface area contributed by atoms with Crippen molar-refractivity contribution in [1.82, 2.24) is 10.6 Å². The van der Waals surface area contributed by atoms with Crippen molar-refractivity contribution in [3.05, 3.63) is 0 Å². The fourth-order valence-corrected chi connectivity index (χ4v) is 1.03. The molecule has 98 valence electrons. The second kappa shape index (κ2) is 5.87. The molecule has 17 heavy (non-hydrogen) atoms. The second-order valence-electron chi connectivity index (χ2n) is 4.65. The number of rotatable bonds is 4. The summed E-state index contributed by atoms with van der Waals surface area (Å²) in [6.07, 6.45) is -4.57. The van der Waals surface area contributed by atoms with Crippen LogP contribution < -0.4 is 10.6 Å². The first-order valence-corrected chi connectivity index (χ1v) is 5.04. The molecule has 1 atom stereocenters. The van der Waals surface area contributed by atoms with Crippen LogP contribution in [-0.2, 0) is 4.79 Å². The molecule has 0 spiro atoms. The average Bonchev–Trinajstić information content (AvgIpc) is 2.07. The third-order valence-electron chi connectivity index (χ3n) is 1.70. The van der Waals surface area contributed by atoms with Crippen LogP contribution in [0.5, 0.6) is 0 Å². The largest absolute Gasteiger partial charge is 0.405 e. The van der Waals surface area contributed by atoms with Crippen LogP contribution in [0.25, 0.3) is 0 Å². The highest BCUT2D eigenvalue weighted by molar-refractivity contribution is 5.78. The Labute approximate surface area is 98.2 Å². The van der Waals surface area contributed by atoms with Crippen molar-refractivity contribution < 1.29 is 18.0 Å². The van der Waals surface area contributed by atoms with Crippen LogP contribution >= 0.6 is 0 Å². The fraction of sp³-hybridized carbons (Fsp3) is 0.800. The molecule has 0 heterocycles. The molecule has 0 aliphatic rings. The average molecular weight is 251 g/mol. The predicted octanol–water partition coefficient (Wildman–Crippen LogP) is 1.19. The Bertz CT molecular complexity index is 301. The molecule has 1 amide bonds. The van der Waals surface area contributed by atoms with Crippen molar-refractivity contribution in [1.29, 1.82) is 5.26 Å². The van der Waals surface area contributed by atoms with Gasteiger partial charge in [0.1, 0.15) is 0 Å². The molecule has 0 aromatic rings. The molecule has 0 aliphatic carbocycles. The minimum atomic E-state index is -4.57. The third-order valence-corrected chi connectivity index (χ3v) is 1.70. The minimum absolute atomic E-state index is 0.245. The van der Waals surface area contributed by atoms with Crippen molar-refractivity contribution in [3.63, 3.8) is 0 Å². The van der Waals surface area contributed by atoms with E-state index in [4.69, 9.17) is 5.26 Å². The van der Waals surface area contributed by atoms with E-state index in [1.807, 2.05) is 0 Å². The summed E-state index contributed by atoms with van der Waals surface area (Å²) in [6.45, 7) is 4.46. The highest BCUT2D eigenvalue weighted by Crippen LogP contribution is 2.24. The van der Waals surface area contributed by atoms with Gasteiger partial charge in [0.2, 0.25) is 5.91 Å². The summed E-state index contributed by atoms with van der Waals surface area (Å²) in [5.74, 6) is -2.50. The van der Waals surface area contributed by atoms with Crippen molar-refractivity contribution in [2.75, 3.05) is 13.1 Å². The number of hydrogen-bond acceptors (Lipinski definition) is 3. The van der Waals surface area contributed by atoms with E-state index >= 15 is 0 Å². The molecule has 0 aromatic carbocycles. The Hall–Kier alpha value is -1.29. The van der Waals surface area contributed by atoms with Crippen LogP contribution in [0.1, 0.15) is 20.8 Å². The van der Waals surface area contributed by atoms with E-state index in [0.717, 1.165) is 6.07 Å². The van der Waals surface area contributed by atoms with Gasteiger partial charge in [0.15, 0.2) is 5.92 Å². The number of nitrogens with one attached hydrogen (secondary N) is 2. The van der Waals surface area contributed by atoms with Gasteiger partial charge in [-0.2, -0.15) is 18.4 Å². The molecule has 7 heteroatoms. The van der Waals surface area contributed by atoms with E-state index in [1.165, 1.54) is 0 Å². The zero-order chi connectivity index (χ0) is 13.7. The number of alkyl halides is 3. The molecule has 0 radical (unpaired) electrons. The maximum atomic E-state index is 12.2. The normalized spacial score (nSPS) is 13.9. The Morgan fingerprint density at radius 2 is 1.88 bits per heavy atom. The van der Waals surface area contributed by atoms with Crippen LogP contribution in [0, 0.1) is 17.2 Å². The molecule has 0 bridgehead atoms. The molecule has 0 fully saturated rings. The standard InChI is InChI=1S/C10H16F3N3O/c1-9(2,3)16-8(17)6-15-5-7(4-14)10(11,12)13/h7,15H,5-6H2,1-3H3,(H,16,17). The van der Waals surface area contributed by atoms with E-state index in [9.17, 15) is 18.0 Å². The number of carbonyl (C=O) groups is 1. The molecule has 2 N–H and O–H groups in total.